The van der Waals surface area contributed by atoms with Crippen LogP contribution in [0.25, 0.3) is 16.6 Å². The molecule has 0 amide bonds. The van der Waals surface area contributed by atoms with Crippen molar-refractivity contribution in [3.05, 3.63) is 60.9 Å². The molecule has 2 aromatic carbocycles. The van der Waals surface area contributed by atoms with E-state index in [1.54, 1.807) is 23.2 Å². The van der Waals surface area contributed by atoms with Crippen LogP contribution in [0, 0.1) is 6.92 Å². The Bertz CT molecular complexity index is 1790. The molecule has 0 radical (unpaired) electrons. The first kappa shape index (κ1) is 25.2. The lowest BCUT2D eigenvalue weighted by atomic mass is 9.94. The zero-order valence-corrected chi connectivity index (χ0v) is 23.5. The van der Waals surface area contributed by atoms with Crippen LogP contribution >= 0.6 is 0 Å². The van der Waals surface area contributed by atoms with Crippen molar-refractivity contribution < 1.29 is 14.2 Å². The van der Waals surface area contributed by atoms with E-state index in [-0.39, 0.29) is 6.10 Å². The molecule has 0 bridgehead atoms. The van der Waals surface area contributed by atoms with Crippen LogP contribution in [0.15, 0.2) is 55.4 Å². The molecule has 1 N–H and O–H groups in total. The molecule has 3 aromatic heterocycles. The molecule has 3 fully saturated rings. The summed E-state index contributed by atoms with van der Waals surface area (Å²) in [6.07, 6.45) is 6.74. The molecule has 3 aliphatic rings. The lowest BCUT2D eigenvalue weighted by Gasteiger charge is -2.48. The number of rotatable bonds is 7. The summed E-state index contributed by atoms with van der Waals surface area (Å²) in [5.41, 5.74) is 4.45. The molecule has 0 saturated carbocycles. The fourth-order valence-corrected chi connectivity index (χ4v) is 6.30. The second-order valence-corrected chi connectivity index (χ2v) is 11.2. The van der Waals surface area contributed by atoms with Gasteiger partial charge >= 0.3 is 0 Å². The number of benzene rings is 2. The molecule has 3 saturated heterocycles. The second-order valence-electron chi connectivity index (χ2n) is 11.2. The van der Waals surface area contributed by atoms with E-state index in [2.05, 4.69) is 48.3 Å². The minimum Gasteiger partial charge on any atom is -0.486 e. The number of likely N-dealkylation sites (N-methyl/N-ethyl adjacent to an activating group) is 1. The lowest BCUT2D eigenvalue weighted by molar-refractivity contribution is 0.141. The van der Waals surface area contributed by atoms with Gasteiger partial charge in [0.25, 0.3) is 0 Å². The highest BCUT2D eigenvalue weighted by Crippen LogP contribution is 2.46. The smallest absolute Gasteiger partial charge is 0.224 e. The molecule has 12 nitrogen and oxygen atoms in total. The van der Waals surface area contributed by atoms with Crippen molar-refractivity contribution in [3.8, 4) is 17.4 Å². The number of anilines is 3. The molecular weight excluding hydrogens is 534 g/mol. The lowest BCUT2D eigenvalue weighted by Crippen LogP contribution is -2.61. The summed E-state index contributed by atoms with van der Waals surface area (Å²) in [6, 6.07) is 12.8. The fraction of sp³-hybridized carbons (Fsp3) is 0.367. The predicted molar refractivity (Wildman–Crippen MR) is 157 cm³/mol. The van der Waals surface area contributed by atoms with Crippen LogP contribution in [0.3, 0.4) is 0 Å². The Kier molecular flexibility index (Phi) is 6.04. The van der Waals surface area contributed by atoms with E-state index in [1.165, 1.54) is 6.33 Å². The number of nitrogens with one attached hydrogen (secondary N) is 1. The largest absolute Gasteiger partial charge is 0.486 e. The molecule has 42 heavy (non-hydrogen) atoms. The number of fused-ring (bicyclic) bond motifs is 3. The number of ether oxygens (including phenoxy) is 3. The third-order valence-electron chi connectivity index (χ3n) is 8.58. The van der Waals surface area contributed by atoms with Crippen molar-refractivity contribution in [1.82, 2.24) is 34.4 Å². The van der Waals surface area contributed by atoms with E-state index in [1.807, 2.05) is 31.2 Å². The van der Waals surface area contributed by atoms with Crippen LogP contribution in [0.5, 0.6) is 17.4 Å². The maximum absolute atomic E-state index is 6.57. The van der Waals surface area contributed by atoms with Gasteiger partial charge in [-0.15, -0.1) is 0 Å². The van der Waals surface area contributed by atoms with Gasteiger partial charge in [0.05, 0.1) is 29.8 Å². The second kappa shape index (κ2) is 10.1. The summed E-state index contributed by atoms with van der Waals surface area (Å²) >= 11 is 0. The molecule has 5 aromatic rings. The Morgan fingerprint density at radius 3 is 2.76 bits per heavy atom. The first-order chi connectivity index (χ1) is 20.6. The number of aryl methyl sites for hydroxylation is 1. The van der Waals surface area contributed by atoms with E-state index in [0.717, 1.165) is 71.9 Å². The minimum absolute atomic E-state index is 0.0423. The maximum atomic E-state index is 6.57. The van der Waals surface area contributed by atoms with E-state index < -0.39 is 0 Å². The Labute approximate surface area is 242 Å². The minimum atomic E-state index is 0.0423. The molecule has 8 rings (SSSR count). The van der Waals surface area contributed by atoms with E-state index in [0.29, 0.717) is 36.0 Å². The molecule has 3 aliphatic heterocycles. The number of aromatic nitrogens is 6. The van der Waals surface area contributed by atoms with Crippen LogP contribution in [0.4, 0.5) is 17.2 Å². The monoisotopic (exact) mass is 565 g/mol. The zero-order valence-electron chi connectivity index (χ0n) is 23.5. The standard InChI is InChI=1S/C30H31N9O3/c1-18-11-19(3-5-24(18)42-27-12-26-32-16-35-39(26)17-34-27)36-30-28-21(31-15-33-30)4-6-25(41-20-8-10-40-14-20)29(28)38-13-23-22(38)7-9-37(23)2/h3-6,11-12,15-17,20,22-23H,7-10,13-14H2,1-2H3,(H,31,33,36)/t20-,22?,23+/m0/s1. The molecule has 12 heteroatoms. The molecule has 3 atom stereocenters. The summed E-state index contributed by atoms with van der Waals surface area (Å²) in [6.45, 7) is 5.39. The quantitative estimate of drug-likeness (QED) is 0.309. The summed E-state index contributed by atoms with van der Waals surface area (Å²) < 4.78 is 19.9. The highest BCUT2D eigenvalue weighted by Gasteiger charge is 2.47. The van der Waals surface area contributed by atoms with Gasteiger partial charge < -0.3 is 24.4 Å². The van der Waals surface area contributed by atoms with Gasteiger partial charge in [-0.2, -0.15) is 5.10 Å². The molecule has 6 heterocycles. The normalized spacial score (nSPS) is 22.0. The van der Waals surface area contributed by atoms with Gasteiger partial charge in [0.2, 0.25) is 5.88 Å². The van der Waals surface area contributed by atoms with Crippen molar-refractivity contribution in [2.24, 2.45) is 0 Å². The maximum Gasteiger partial charge on any atom is 0.224 e. The van der Waals surface area contributed by atoms with Crippen molar-refractivity contribution in [2.45, 2.75) is 38.0 Å². The van der Waals surface area contributed by atoms with Gasteiger partial charge in [-0.25, -0.2) is 24.5 Å². The highest BCUT2D eigenvalue weighted by molar-refractivity contribution is 6.04. The van der Waals surface area contributed by atoms with Crippen LogP contribution in [-0.4, -0.2) is 86.0 Å². The summed E-state index contributed by atoms with van der Waals surface area (Å²) in [5.74, 6) is 2.76. The number of nitrogens with zero attached hydrogens (tertiary/aromatic N) is 8. The fourth-order valence-electron chi connectivity index (χ4n) is 6.30. The van der Waals surface area contributed by atoms with Gasteiger partial charge in [0, 0.05) is 43.3 Å². The van der Waals surface area contributed by atoms with Crippen molar-refractivity contribution in [3.63, 3.8) is 0 Å². The Morgan fingerprint density at radius 2 is 1.90 bits per heavy atom. The van der Waals surface area contributed by atoms with Crippen LogP contribution < -0.4 is 19.7 Å². The topological polar surface area (TPSA) is 115 Å². The molecule has 1 unspecified atom stereocenters. The predicted octanol–water partition coefficient (Wildman–Crippen LogP) is 3.97. The molecule has 214 valence electrons. The van der Waals surface area contributed by atoms with E-state index >= 15 is 0 Å². The summed E-state index contributed by atoms with van der Waals surface area (Å²) in [5, 5.41) is 8.62. The zero-order chi connectivity index (χ0) is 28.2. The van der Waals surface area contributed by atoms with Crippen LogP contribution in [-0.2, 0) is 4.74 Å². The van der Waals surface area contributed by atoms with Gasteiger partial charge in [-0.3, -0.25) is 4.90 Å². The van der Waals surface area contributed by atoms with Gasteiger partial charge in [-0.1, -0.05) is 0 Å². The van der Waals surface area contributed by atoms with E-state index in [9.17, 15) is 0 Å². The average Bonchev–Trinajstić information content (AvgIpc) is 3.72. The SMILES string of the molecule is Cc1cc(Nc2ncnc3ccc(O[C@H]4CCOC4)c(N4C[C@@H]5C4CCN5C)c23)ccc1Oc1cc2ncnn2cn1. The van der Waals surface area contributed by atoms with Crippen molar-refractivity contribution in [1.29, 1.82) is 0 Å². The number of hydrogen-bond donors (Lipinski definition) is 1. The van der Waals surface area contributed by atoms with Crippen LogP contribution in [0.2, 0.25) is 0 Å². The Morgan fingerprint density at radius 1 is 0.976 bits per heavy atom. The molecule has 0 aliphatic carbocycles. The van der Waals surface area contributed by atoms with E-state index in [4.69, 9.17) is 19.2 Å². The van der Waals surface area contributed by atoms with Gasteiger partial charge in [0.1, 0.15) is 42.4 Å². The number of likely N-dealkylation sites (tertiary alicyclic amines) is 1. The van der Waals surface area contributed by atoms with Gasteiger partial charge in [0.15, 0.2) is 5.65 Å². The molecule has 0 spiro atoms. The van der Waals surface area contributed by atoms with Crippen LogP contribution in [0.1, 0.15) is 18.4 Å². The Hall–Kier alpha value is -4.55. The highest BCUT2D eigenvalue weighted by atomic mass is 16.5. The third-order valence-corrected chi connectivity index (χ3v) is 8.58. The van der Waals surface area contributed by atoms with Gasteiger partial charge in [-0.05, 0) is 56.3 Å². The first-order valence-corrected chi connectivity index (χ1v) is 14.3. The Balaban J connectivity index is 1.13. The van der Waals surface area contributed by atoms with Crippen molar-refractivity contribution in [2.75, 3.05) is 43.6 Å². The summed E-state index contributed by atoms with van der Waals surface area (Å²) in [7, 11) is 2.22. The third kappa shape index (κ3) is 4.34. The van der Waals surface area contributed by atoms with Crippen molar-refractivity contribution >= 4 is 33.7 Å². The molecular formula is C30H31N9O3. The summed E-state index contributed by atoms with van der Waals surface area (Å²) in [4.78, 5) is 22.8. The number of hydrogen-bond acceptors (Lipinski definition) is 11. The first-order valence-electron chi connectivity index (χ1n) is 14.3. The average molecular weight is 566 g/mol.